The van der Waals surface area contributed by atoms with Gasteiger partial charge in [0.2, 0.25) is 0 Å². The van der Waals surface area contributed by atoms with Crippen molar-refractivity contribution in [3.05, 3.63) is 17.5 Å². The molecule has 0 bridgehead atoms. The molecule has 2 heterocycles. The average Bonchev–Trinajstić information content (AvgIpc) is 2.96. The minimum absolute atomic E-state index is 0.0153. The number of aliphatic hydroxyl groups excluding tert-OH is 1. The number of likely N-dealkylation sites (tertiary alicyclic amines) is 1. The summed E-state index contributed by atoms with van der Waals surface area (Å²) in [6.45, 7) is 0.0153. The van der Waals surface area contributed by atoms with E-state index in [0.717, 1.165) is 17.7 Å². The number of carbonyl (C=O) groups is 2. The Morgan fingerprint density at radius 2 is 2.16 bits per heavy atom. The fourth-order valence-corrected chi connectivity index (χ4v) is 2.37. The molecular weight excluding hydrogens is 252 g/mol. The smallest absolute Gasteiger partial charge is 0.326 e. The molecule has 0 radical (unpaired) electrons. The van der Waals surface area contributed by atoms with E-state index in [-0.39, 0.29) is 18.7 Å². The third-order valence-corrected chi connectivity index (χ3v) is 3.55. The number of hydrogen-bond acceptors (Lipinski definition) is 5. The van der Waals surface area contributed by atoms with Crippen molar-refractivity contribution in [1.82, 2.24) is 10.1 Å². The summed E-state index contributed by atoms with van der Waals surface area (Å²) in [5.41, 5.74) is 0.113. The van der Waals surface area contributed by atoms with Crippen LogP contribution in [-0.4, -0.2) is 50.8 Å². The molecule has 1 aromatic rings. The lowest BCUT2D eigenvalue weighted by molar-refractivity contribution is -0.141. The number of β-amino-alcohol motifs (C(OH)–C–C–N with tert-alkyl or cyclic N) is 1. The summed E-state index contributed by atoms with van der Waals surface area (Å²) in [7, 11) is 0. The highest BCUT2D eigenvalue weighted by Crippen LogP contribution is 2.40. The molecule has 3 rings (SSSR count). The Kier molecular flexibility index (Phi) is 2.78. The molecule has 7 nitrogen and oxygen atoms in total. The number of carbonyl (C=O) groups excluding carboxylic acids is 1. The van der Waals surface area contributed by atoms with E-state index >= 15 is 0 Å². The zero-order valence-electron chi connectivity index (χ0n) is 10.2. The van der Waals surface area contributed by atoms with Gasteiger partial charge in [0.25, 0.3) is 5.91 Å². The topological polar surface area (TPSA) is 104 Å². The van der Waals surface area contributed by atoms with Crippen LogP contribution >= 0.6 is 0 Å². The van der Waals surface area contributed by atoms with E-state index in [0.29, 0.717) is 11.7 Å². The third kappa shape index (κ3) is 2.21. The highest BCUT2D eigenvalue weighted by Gasteiger charge is 2.40. The second-order valence-electron chi connectivity index (χ2n) is 5.09. The van der Waals surface area contributed by atoms with Gasteiger partial charge in [-0.25, -0.2) is 4.79 Å². The van der Waals surface area contributed by atoms with Crippen LogP contribution in [0.1, 0.15) is 41.4 Å². The van der Waals surface area contributed by atoms with Crippen LogP contribution < -0.4 is 0 Å². The first-order chi connectivity index (χ1) is 9.06. The molecular formula is C12H14N2O5. The minimum Gasteiger partial charge on any atom is -0.480 e. The van der Waals surface area contributed by atoms with Crippen molar-refractivity contribution in [1.29, 1.82) is 0 Å². The van der Waals surface area contributed by atoms with Crippen LogP contribution in [0.15, 0.2) is 10.6 Å². The Morgan fingerprint density at radius 1 is 1.42 bits per heavy atom. The van der Waals surface area contributed by atoms with Crippen LogP contribution in [0.2, 0.25) is 0 Å². The van der Waals surface area contributed by atoms with Gasteiger partial charge in [-0.1, -0.05) is 5.16 Å². The lowest BCUT2D eigenvalue weighted by Crippen LogP contribution is -2.40. The van der Waals surface area contributed by atoms with Crippen molar-refractivity contribution >= 4 is 11.9 Å². The van der Waals surface area contributed by atoms with Crippen molar-refractivity contribution < 1.29 is 24.3 Å². The summed E-state index contributed by atoms with van der Waals surface area (Å²) in [5.74, 6) is -0.598. The Bertz CT molecular complexity index is 522. The van der Waals surface area contributed by atoms with Gasteiger partial charge >= 0.3 is 5.97 Å². The summed E-state index contributed by atoms with van der Waals surface area (Å²) in [6.07, 6.45) is 1.31. The molecule has 1 aliphatic carbocycles. The largest absolute Gasteiger partial charge is 0.480 e. The zero-order valence-corrected chi connectivity index (χ0v) is 10.2. The van der Waals surface area contributed by atoms with Gasteiger partial charge in [0.1, 0.15) is 11.8 Å². The maximum Gasteiger partial charge on any atom is 0.326 e. The van der Waals surface area contributed by atoms with Gasteiger partial charge in [0.05, 0.1) is 6.10 Å². The van der Waals surface area contributed by atoms with Gasteiger partial charge in [-0.15, -0.1) is 0 Å². The Hall–Kier alpha value is -1.89. The van der Waals surface area contributed by atoms with E-state index in [2.05, 4.69) is 5.16 Å². The summed E-state index contributed by atoms with van der Waals surface area (Å²) < 4.78 is 5.08. The fraction of sp³-hybridized carbons (Fsp3) is 0.583. The van der Waals surface area contributed by atoms with Crippen molar-refractivity contribution in [2.24, 2.45) is 0 Å². The quantitative estimate of drug-likeness (QED) is 0.810. The van der Waals surface area contributed by atoms with Gasteiger partial charge in [-0.05, 0) is 12.8 Å². The van der Waals surface area contributed by atoms with E-state index in [1.165, 1.54) is 0 Å². The van der Waals surface area contributed by atoms with Gasteiger partial charge in [-0.3, -0.25) is 4.79 Å². The molecule has 0 aromatic carbocycles. The molecule has 7 heteroatoms. The minimum atomic E-state index is -1.11. The number of aliphatic carboxylic acids is 1. The molecule has 1 aliphatic heterocycles. The van der Waals surface area contributed by atoms with Crippen molar-refractivity contribution in [2.45, 2.75) is 37.3 Å². The lowest BCUT2D eigenvalue weighted by Gasteiger charge is -2.19. The number of rotatable bonds is 3. The number of aliphatic hydroxyl groups is 1. The van der Waals surface area contributed by atoms with E-state index < -0.39 is 24.0 Å². The lowest BCUT2D eigenvalue weighted by atomic mass is 10.2. The fourth-order valence-electron chi connectivity index (χ4n) is 2.37. The normalized spacial score (nSPS) is 26.7. The number of aromatic nitrogens is 1. The standard InChI is InChI=1S/C12H14N2O5/c15-7-3-9(12(17)18)14(5-7)11(16)8-4-10(19-13-8)6-1-2-6/h4,6-7,9,15H,1-3,5H2,(H,17,18). The van der Waals surface area contributed by atoms with Gasteiger partial charge in [-0.2, -0.15) is 0 Å². The van der Waals surface area contributed by atoms with Crippen LogP contribution in [0.5, 0.6) is 0 Å². The molecule has 19 heavy (non-hydrogen) atoms. The zero-order chi connectivity index (χ0) is 13.6. The molecule has 0 spiro atoms. The van der Waals surface area contributed by atoms with Crippen LogP contribution in [0.4, 0.5) is 0 Å². The number of hydrogen-bond donors (Lipinski definition) is 2. The molecule has 1 amide bonds. The second-order valence-corrected chi connectivity index (χ2v) is 5.09. The maximum absolute atomic E-state index is 12.2. The number of carboxylic acid groups (broad SMARTS) is 1. The van der Waals surface area contributed by atoms with Crippen molar-refractivity contribution in [3.8, 4) is 0 Å². The second kappa shape index (κ2) is 4.34. The van der Waals surface area contributed by atoms with Gasteiger partial charge < -0.3 is 19.6 Å². The summed E-state index contributed by atoms with van der Waals surface area (Å²) >= 11 is 0. The molecule has 2 N–H and O–H groups in total. The molecule has 2 aliphatic rings. The number of nitrogens with zero attached hydrogens (tertiary/aromatic N) is 2. The SMILES string of the molecule is O=C(O)C1CC(O)CN1C(=O)c1cc(C2CC2)on1. The Labute approximate surface area is 108 Å². The molecule has 102 valence electrons. The molecule has 2 fully saturated rings. The molecule has 1 aromatic heterocycles. The number of carboxylic acids is 1. The van der Waals surface area contributed by atoms with Crippen molar-refractivity contribution in [3.63, 3.8) is 0 Å². The van der Waals surface area contributed by atoms with Crippen molar-refractivity contribution in [2.75, 3.05) is 6.54 Å². The van der Waals surface area contributed by atoms with E-state index in [4.69, 9.17) is 9.63 Å². The van der Waals surface area contributed by atoms with Crippen LogP contribution in [0, 0.1) is 0 Å². The summed E-state index contributed by atoms with van der Waals surface area (Å²) in [4.78, 5) is 24.4. The molecule has 1 saturated carbocycles. The predicted octanol–water partition coefficient (Wildman–Crippen LogP) is 0.212. The predicted molar refractivity (Wildman–Crippen MR) is 61.6 cm³/mol. The van der Waals surface area contributed by atoms with E-state index in [1.54, 1.807) is 6.07 Å². The first-order valence-electron chi connectivity index (χ1n) is 6.24. The molecule has 2 unspecified atom stereocenters. The van der Waals surface area contributed by atoms with Gasteiger partial charge in [0.15, 0.2) is 5.69 Å². The maximum atomic E-state index is 12.2. The Balaban J connectivity index is 1.79. The summed E-state index contributed by atoms with van der Waals surface area (Å²) in [6, 6.07) is 0.576. The van der Waals surface area contributed by atoms with Crippen LogP contribution in [0.25, 0.3) is 0 Å². The molecule has 1 saturated heterocycles. The number of amides is 1. The van der Waals surface area contributed by atoms with Crippen LogP contribution in [0.3, 0.4) is 0 Å². The first-order valence-corrected chi connectivity index (χ1v) is 6.24. The Morgan fingerprint density at radius 3 is 2.79 bits per heavy atom. The van der Waals surface area contributed by atoms with E-state index in [9.17, 15) is 14.7 Å². The summed E-state index contributed by atoms with van der Waals surface area (Å²) in [5, 5.41) is 22.3. The third-order valence-electron chi connectivity index (χ3n) is 3.55. The monoisotopic (exact) mass is 266 g/mol. The molecule has 2 atom stereocenters. The van der Waals surface area contributed by atoms with Crippen LogP contribution in [-0.2, 0) is 4.79 Å². The van der Waals surface area contributed by atoms with Gasteiger partial charge in [0, 0.05) is 24.9 Å². The highest BCUT2D eigenvalue weighted by molar-refractivity contribution is 5.95. The first kappa shape index (κ1) is 12.2. The highest BCUT2D eigenvalue weighted by atomic mass is 16.5. The van der Waals surface area contributed by atoms with E-state index in [1.807, 2.05) is 0 Å². The average molecular weight is 266 g/mol.